The van der Waals surface area contributed by atoms with Crippen LogP contribution in [0.5, 0.6) is 0 Å². The number of aliphatic hydroxyl groups is 2. The first kappa shape index (κ1) is 13.7. The minimum Gasteiger partial charge on any atom is -0.481 e. The maximum absolute atomic E-state index is 10.4. The van der Waals surface area contributed by atoms with Crippen molar-refractivity contribution in [1.29, 1.82) is 0 Å². The third-order valence-electron chi connectivity index (χ3n) is 2.61. The number of hydrogen-bond donors (Lipinski definition) is 3. The highest BCUT2D eigenvalue weighted by atomic mass is 16.4. The molecule has 0 aromatic heterocycles. The maximum Gasteiger partial charge on any atom is 0.306 e. The summed E-state index contributed by atoms with van der Waals surface area (Å²) in [6.07, 6.45) is -0.874. The summed E-state index contributed by atoms with van der Waals surface area (Å²) in [5.74, 6) is -1.13. The van der Waals surface area contributed by atoms with E-state index >= 15 is 0 Å². The van der Waals surface area contributed by atoms with E-state index in [1.165, 1.54) is 0 Å². The number of carboxylic acids is 1. The lowest BCUT2D eigenvalue weighted by molar-refractivity contribution is -0.141. The Morgan fingerprint density at radius 1 is 1.24 bits per heavy atom. The first-order valence-corrected chi connectivity index (χ1v) is 5.71. The molecule has 1 rings (SSSR count). The molecule has 2 atom stereocenters. The highest BCUT2D eigenvalue weighted by Crippen LogP contribution is 2.19. The molecule has 94 valence electrons. The molecule has 3 N–H and O–H groups in total. The summed E-state index contributed by atoms with van der Waals surface area (Å²) >= 11 is 0. The van der Waals surface area contributed by atoms with Gasteiger partial charge in [0.15, 0.2) is 0 Å². The maximum atomic E-state index is 10.4. The molecule has 0 aliphatic heterocycles. The third-order valence-corrected chi connectivity index (χ3v) is 2.61. The summed E-state index contributed by atoms with van der Waals surface area (Å²) in [5.41, 5.74) is 1.70. The second-order valence-electron chi connectivity index (χ2n) is 4.10. The monoisotopic (exact) mass is 238 g/mol. The number of carbonyl (C=O) groups is 1. The van der Waals surface area contributed by atoms with Gasteiger partial charge in [-0.25, -0.2) is 0 Å². The van der Waals surface area contributed by atoms with Gasteiger partial charge in [-0.1, -0.05) is 37.6 Å². The van der Waals surface area contributed by atoms with E-state index in [2.05, 4.69) is 6.92 Å². The molecule has 0 amide bonds. The van der Waals surface area contributed by atoms with Gasteiger partial charge in [-0.05, 0) is 17.5 Å². The van der Waals surface area contributed by atoms with Crippen LogP contribution in [0.4, 0.5) is 0 Å². The van der Waals surface area contributed by atoms with Crippen LogP contribution in [0.3, 0.4) is 0 Å². The van der Waals surface area contributed by atoms with Crippen molar-refractivity contribution in [2.24, 2.45) is 0 Å². The van der Waals surface area contributed by atoms with Crippen LogP contribution in [0.15, 0.2) is 24.3 Å². The van der Waals surface area contributed by atoms with Crippen molar-refractivity contribution in [2.45, 2.75) is 38.4 Å². The number of hydrogen-bond acceptors (Lipinski definition) is 3. The van der Waals surface area contributed by atoms with E-state index in [1.54, 1.807) is 12.1 Å². The van der Waals surface area contributed by atoms with Crippen LogP contribution < -0.4 is 0 Å². The molecule has 1 aromatic carbocycles. The number of aryl methyl sites for hydroxylation is 1. The van der Waals surface area contributed by atoms with Crippen LogP contribution in [0.2, 0.25) is 0 Å². The average molecular weight is 238 g/mol. The average Bonchev–Trinajstić information content (AvgIpc) is 2.28. The van der Waals surface area contributed by atoms with Crippen molar-refractivity contribution in [3.05, 3.63) is 35.4 Å². The van der Waals surface area contributed by atoms with E-state index in [1.807, 2.05) is 12.1 Å². The Labute approximate surface area is 101 Å². The Morgan fingerprint density at radius 3 is 2.29 bits per heavy atom. The van der Waals surface area contributed by atoms with E-state index in [-0.39, 0.29) is 0 Å². The van der Waals surface area contributed by atoms with Crippen molar-refractivity contribution in [1.82, 2.24) is 0 Å². The zero-order chi connectivity index (χ0) is 12.8. The minimum absolute atomic E-state index is 0.460. The fourth-order valence-electron chi connectivity index (χ4n) is 1.68. The van der Waals surface area contributed by atoms with Crippen LogP contribution in [0.25, 0.3) is 0 Å². The van der Waals surface area contributed by atoms with Gasteiger partial charge in [0.2, 0.25) is 0 Å². The predicted molar refractivity (Wildman–Crippen MR) is 63.7 cm³/mol. The molecule has 0 spiro atoms. The van der Waals surface area contributed by atoms with Crippen molar-refractivity contribution in [2.75, 3.05) is 0 Å². The Kier molecular flexibility index (Phi) is 5.12. The van der Waals surface area contributed by atoms with Crippen LogP contribution >= 0.6 is 0 Å². The summed E-state index contributed by atoms with van der Waals surface area (Å²) < 4.78 is 0. The number of rotatable bonds is 6. The molecule has 0 saturated heterocycles. The zero-order valence-electron chi connectivity index (χ0n) is 9.84. The minimum atomic E-state index is -1.27. The molecule has 4 heteroatoms. The van der Waals surface area contributed by atoms with E-state index < -0.39 is 24.6 Å². The van der Waals surface area contributed by atoms with Crippen LogP contribution in [0, 0.1) is 0 Å². The second kappa shape index (κ2) is 6.37. The normalized spacial score (nSPS) is 14.3. The topological polar surface area (TPSA) is 77.8 Å². The van der Waals surface area contributed by atoms with E-state index in [0.717, 1.165) is 18.4 Å². The number of aliphatic hydroxyl groups excluding tert-OH is 2. The molecular weight excluding hydrogens is 220 g/mol. The van der Waals surface area contributed by atoms with Gasteiger partial charge in [-0.3, -0.25) is 4.79 Å². The van der Waals surface area contributed by atoms with E-state index in [0.29, 0.717) is 5.56 Å². The lowest BCUT2D eigenvalue weighted by Gasteiger charge is -2.16. The van der Waals surface area contributed by atoms with Gasteiger partial charge >= 0.3 is 5.97 Å². The van der Waals surface area contributed by atoms with Crippen molar-refractivity contribution in [3.8, 4) is 0 Å². The van der Waals surface area contributed by atoms with Gasteiger partial charge in [-0.15, -0.1) is 0 Å². The highest BCUT2D eigenvalue weighted by Gasteiger charge is 2.20. The third kappa shape index (κ3) is 4.17. The fourth-order valence-corrected chi connectivity index (χ4v) is 1.68. The van der Waals surface area contributed by atoms with Crippen molar-refractivity contribution >= 4 is 5.97 Å². The number of carboxylic acid groups (broad SMARTS) is 1. The Bertz CT molecular complexity index is 358. The molecule has 0 fully saturated rings. The molecule has 0 aliphatic rings. The molecule has 2 unspecified atom stereocenters. The number of benzene rings is 1. The Morgan fingerprint density at radius 2 is 1.82 bits per heavy atom. The summed E-state index contributed by atoms with van der Waals surface area (Å²) in [7, 11) is 0. The van der Waals surface area contributed by atoms with Gasteiger partial charge in [0.05, 0.1) is 12.5 Å². The molecule has 0 bridgehead atoms. The first-order valence-electron chi connectivity index (χ1n) is 5.71. The van der Waals surface area contributed by atoms with Gasteiger partial charge in [0.25, 0.3) is 0 Å². The molecular formula is C13H18O4. The molecule has 0 radical (unpaired) electrons. The van der Waals surface area contributed by atoms with Gasteiger partial charge < -0.3 is 15.3 Å². The molecule has 0 heterocycles. The summed E-state index contributed by atoms with van der Waals surface area (Å²) in [5, 5.41) is 27.8. The summed E-state index contributed by atoms with van der Waals surface area (Å²) in [6.45, 7) is 2.08. The zero-order valence-corrected chi connectivity index (χ0v) is 9.84. The lowest BCUT2D eigenvalue weighted by atomic mass is 10.00. The second-order valence-corrected chi connectivity index (χ2v) is 4.10. The molecule has 0 saturated carbocycles. The summed E-state index contributed by atoms with van der Waals surface area (Å²) in [6, 6.07) is 7.21. The highest BCUT2D eigenvalue weighted by molar-refractivity contribution is 5.67. The molecule has 0 aliphatic carbocycles. The number of aliphatic carboxylic acids is 1. The quantitative estimate of drug-likeness (QED) is 0.702. The van der Waals surface area contributed by atoms with Crippen LogP contribution in [-0.2, 0) is 11.2 Å². The first-order chi connectivity index (χ1) is 8.04. The van der Waals surface area contributed by atoms with Gasteiger partial charge in [-0.2, -0.15) is 0 Å². The summed E-state index contributed by atoms with van der Waals surface area (Å²) in [4.78, 5) is 10.4. The van der Waals surface area contributed by atoms with E-state index in [4.69, 9.17) is 5.11 Å². The van der Waals surface area contributed by atoms with Crippen LogP contribution in [-0.4, -0.2) is 27.4 Å². The SMILES string of the molecule is CCCc1ccc(C(O)C(O)CC(=O)O)cc1. The molecule has 17 heavy (non-hydrogen) atoms. The Balaban J connectivity index is 2.68. The smallest absolute Gasteiger partial charge is 0.306 e. The Hall–Kier alpha value is -1.39. The van der Waals surface area contributed by atoms with Crippen molar-refractivity contribution < 1.29 is 20.1 Å². The van der Waals surface area contributed by atoms with Crippen molar-refractivity contribution in [3.63, 3.8) is 0 Å². The lowest BCUT2D eigenvalue weighted by Crippen LogP contribution is -2.21. The van der Waals surface area contributed by atoms with Gasteiger partial charge in [0.1, 0.15) is 6.10 Å². The predicted octanol–water partition coefficient (Wildman–Crippen LogP) is 1.51. The molecule has 1 aromatic rings. The molecule has 4 nitrogen and oxygen atoms in total. The standard InChI is InChI=1S/C13H18O4/c1-2-3-9-4-6-10(7-5-9)13(17)11(14)8-12(15)16/h4-7,11,13-14,17H,2-3,8H2,1H3,(H,15,16). The van der Waals surface area contributed by atoms with E-state index in [9.17, 15) is 15.0 Å². The van der Waals surface area contributed by atoms with Gasteiger partial charge in [0, 0.05) is 0 Å². The largest absolute Gasteiger partial charge is 0.481 e. The van der Waals surface area contributed by atoms with Crippen LogP contribution in [0.1, 0.15) is 37.0 Å². The fraction of sp³-hybridized carbons (Fsp3) is 0.462.